The number of aliphatic hydroxyl groups is 2. The number of ether oxygens (including phenoxy) is 1. The van der Waals surface area contributed by atoms with Gasteiger partial charge in [0.1, 0.15) is 6.10 Å². The van der Waals surface area contributed by atoms with E-state index in [1.807, 2.05) is 0 Å². The van der Waals surface area contributed by atoms with Gasteiger partial charge < -0.3 is 20.1 Å². The molecule has 98 valence electrons. The second-order valence-corrected chi connectivity index (χ2v) is 3.45. The van der Waals surface area contributed by atoms with Gasteiger partial charge in [0.2, 0.25) is 0 Å². The summed E-state index contributed by atoms with van der Waals surface area (Å²) in [6.07, 6.45) is -1.11. The highest BCUT2D eigenvalue weighted by Crippen LogP contribution is 2.18. The summed E-state index contributed by atoms with van der Waals surface area (Å²) >= 11 is 0. The van der Waals surface area contributed by atoms with Gasteiger partial charge in [0.15, 0.2) is 6.10 Å². The van der Waals surface area contributed by atoms with E-state index in [-0.39, 0.29) is 17.7 Å². The molecule has 7 nitrogen and oxygen atoms in total. The molecule has 0 aliphatic heterocycles. The molecule has 0 aromatic carbocycles. The fourth-order valence-corrected chi connectivity index (χ4v) is 1.28. The summed E-state index contributed by atoms with van der Waals surface area (Å²) in [6, 6.07) is 1.13. The van der Waals surface area contributed by atoms with Gasteiger partial charge in [-0.1, -0.05) is 0 Å². The molecular weight excluding hydrogens is 242 g/mol. The molecule has 0 aliphatic rings. The summed E-state index contributed by atoms with van der Waals surface area (Å²) in [5, 5.41) is 28.0. The van der Waals surface area contributed by atoms with Crippen LogP contribution in [0.4, 0.5) is 0 Å². The van der Waals surface area contributed by atoms with Gasteiger partial charge >= 0.3 is 11.9 Å². The van der Waals surface area contributed by atoms with Crippen molar-refractivity contribution < 1.29 is 29.6 Å². The van der Waals surface area contributed by atoms with Gasteiger partial charge in [-0.3, -0.25) is 4.98 Å². The van der Waals surface area contributed by atoms with Crippen LogP contribution in [0.2, 0.25) is 0 Å². The number of pyridine rings is 1. The Morgan fingerprint density at radius 2 is 2.06 bits per heavy atom. The number of aromatic carboxylic acids is 1. The van der Waals surface area contributed by atoms with Gasteiger partial charge in [-0.15, -0.1) is 0 Å². The lowest BCUT2D eigenvalue weighted by molar-refractivity contribution is -0.159. The highest BCUT2D eigenvalue weighted by molar-refractivity contribution is 5.87. The van der Waals surface area contributed by atoms with Crippen molar-refractivity contribution in [2.45, 2.75) is 19.1 Å². The van der Waals surface area contributed by atoms with Crippen LogP contribution in [0, 0.1) is 0 Å². The second kappa shape index (κ2) is 6.08. The summed E-state index contributed by atoms with van der Waals surface area (Å²) in [7, 11) is 0. The monoisotopic (exact) mass is 255 g/mol. The minimum Gasteiger partial charge on any atom is -0.478 e. The second-order valence-electron chi connectivity index (χ2n) is 3.45. The molecule has 1 aromatic rings. The van der Waals surface area contributed by atoms with Crippen LogP contribution in [0.15, 0.2) is 18.5 Å². The van der Waals surface area contributed by atoms with E-state index in [1.54, 1.807) is 6.92 Å². The average Bonchev–Trinajstić information content (AvgIpc) is 2.37. The number of carboxylic acid groups (broad SMARTS) is 1. The van der Waals surface area contributed by atoms with Crippen molar-refractivity contribution in [1.29, 1.82) is 0 Å². The van der Waals surface area contributed by atoms with E-state index in [2.05, 4.69) is 9.72 Å². The van der Waals surface area contributed by atoms with E-state index in [1.165, 1.54) is 6.20 Å². The van der Waals surface area contributed by atoms with Gasteiger partial charge in [0.25, 0.3) is 0 Å². The molecule has 3 N–H and O–H groups in total. The van der Waals surface area contributed by atoms with E-state index in [4.69, 9.17) is 5.11 Å². The molecule has 0 bridgehead atoms. The number of aliphatic hydroxyl groups excluding tert-OH is 2. The largest absolute Gasteiger partial charge is 0.478 e. The van der Waals surface area contributed by atoms with Gasteiger partial charge in [0.05, 0.1) is 12.2 Å². The Balaban J connectivity index is 2.89. The lowest BCUT2D eigenvalue weighted by Gasteiger charge is -2.16. The maximum atomic E-state index is 11.2. The predicted molar refractivity (Wildman–Crippen MR) is 58.8 cm³/mol. The molecule has 0 saturated carbocycles. The molecule has 0 amide bonds. The maximum Gasteiger partial charge on any atom is 0.338 e. The van der Waals surface area contributed by atoms with Gasteiger partial charge in [-0.2, -0.15) is 0 Å². The normalized spacial score (nSPS) is 13.7. The third kappa shape index (κ3) is 3.25. The van der Waals surface area contributed by atoms with Crippen molar-refractivity contribution in [3.05, 3.63) is 29.6 Å². The predicted octanol–water partition coefficient (Wildman–Crippen LogP) is -0.263. The lowest BCUT2D eigenvalue weighted by Crippen LogP contribution is -2.30. The molecule has 1 aromatic heterocycles. The van der Waals surface area contributed by atoms with Crippen LogP contribution in [-0.4, -0.2) is 45.0 Å². The van der Waals surface area contributed by atoms with Crippen LogP contribution in [-0.2, 0) is 9.53 Å². The number of nitrogens with zero attached hydrogens (tertiary/aromatic N) is 1. The van der Waals surface area contributed by atoms with Crippen LogP contribution in [0.1, 0.15) is 28.9 Å². The number of hydrogen-bond acceptors (Lipinski definition) is 6. The van der Waals surface area contributed by atoms with Crippen LogP contribution in [0.25, 0.3) is 0 Å². The van der Waals surface area contributed by atoms with E-state index in [0.29, 0.717) is 0 Å². The van der Waals surface area contributed by atoms with E-state index < -0.39 is 24.1 Å². The minimum absolute atomic E-state index is 0.0236. The number of rotatable bonds is 5. The number of carbonyl (C=O) groups is 2. The maximum absolute atomic E-state index is 11.2. The molecule has 0 saturated heterocycles. The van der Waals surface area contributed by atoms with Crippen molar-refractivity contribution in [3.63, 3.8) is 0 Å². The van der Waals surface area contributed by atoms with E-state index in [0.717, 1.165) is 12.3 Å². The first-order valence-electron chi connectivity index (χ1n) is 5.18. The van der Waals surface area contributed by atoms with Crippen LogP contribution >= 0.6 is 0 Å². The quantitative estimate of drug-likeness (QED) is 0.620. The standard InChI is InChI=1S/C11H13NO6/c1-2-18-11(17)9(14)8(13)6-3-7(10(15)16)5-12-4-6/h3-5,8-9,13-14H,2H2,1H3,(H,15,16). The molecule has 1 heterocycles. The van der Waals surface area contributed by atoms with Crippen LogP contribution < -0.4 is 0 Å². The molecule has 7 heteroatoms. The Labute approximate surface area is 103 Å². The Kier molecular flexibility index (Phi) is 4.75. The van der Waals surface area contributed by atoms with E-state index >= 15 is 0 Å². The summed E-state index contributed by atoms with van der Waals surface area (Å²) in [5.41, 5.74) is -0.127. The molecular formula is C11H13NO6. The third-order valence-corrected chi connectivity index (χ3v) is 2.18. The molecule has 2 atom stereocenters. The zero-order valence-corrected chi connectivity index (χ0v) is 9.61. The fraction of sp³-hybridized carbons (Fsp3) is 0.364. The highest BCUT2D eigenvalue weighted by atomic mass is 16.5. The van der Waals surface area contributed by atoms with Gasteiger partial charge in [0, 0.05) is 18.0 Å². The van der Waals surface area contributed by atoms with Gasteiger partial charge in [-0.25, -0.2) is 9.59 Å². The van der Waals surface area contributed by atoms with Crippen molar-refractivity contribution >= 4 is 11.9 Å². The first kappa shape index (κ1) is 14.1. The third-order valence-electron chi connectivity index (χ3n) is 2.18. The molecule has 0 fully saturated rings. The number of carboxylic acids is 1. The zero-order valence-electron chi connectivity index (χ0n) is 9.61. The molecule has 2 unspecified atom stereocenters. The van der Waals surface area contributed by atoms with Crippen molar-refractivity contribution in [1.82, 2.24) is 4.98 Å². The smallest absolute Gasteiger partial charge is 0.338 e. The Morgan fingerprint density at radius 1 is 1.39 bits per heavy atom. The highest BCUT2D eigenvalue weighted by Gasteiger charge is 2.27. The summed E-state index contributed by atoms with van der Waals surface area (Å²) in [5.74, 6) is -2.20. The Bertz CT molecular complexity index is 447. The minimum atomic E-state index is -1.78. The van der Waals surface area contributed by atoms with Crippen molar-refractivity contribution in [3.8, 4) is 0 Å². The topological polar surface area (TPSA) is 117 Å². The molecule has 0 aliphatic carbocycles. The Hall–Kier alpha value is -1.99. The fourth-order valence-electron chi connectivity index (χ4n) is 1.28. The van der Waals surface area contributed by atoms with Gasteiger partial charge in [-0.05, 0) is 13.0 Å². The SMILES string of the molecule is CCOC(=O)C(O)C(O)c1cncc(C(=O)O)c1. The number of hydrogen-bond donors (Lipinski definition) is 3. The van der Waals surface area contributed by atoms with E-state index in [9.17, 15) is 19.8 Å². The first-order valence-corrected chi connectivity index (χ1v) is 5.18. The molecule has 0 radical (unpaired) electrons. The number of aromatic nitrogens is 1. The van der Waals surface area contributed by atoms with Crippen molar-refractivity contribution in [2.75, 3.05) is 6.61 Å². The Morgan fingerprint density at radius 3 is 2.61 bits per heavy atom. The van der Waals surface area contributed by atoms with Crippen LogP contribution in [0.3, 0.4) is 0 Å². The van der Waals surface area contributed by atoms with Crippen LogP contribution in [0.5, 0.6) is 0 Å². The first-order chi connectivity index (χ1) is 8.47. The summed E-state index contributed by atoms with van der Waals surface area (Å²) in [4.78, 5) is 25.5. The lowest BCUT2D eigenvalue weighted by atomic mass is 10.0. The zero-order chi connectivity index (χ0) is 13.7. The summed E-state index contributed by atoms with van der Waals surface area (Å²) in [6.45, 7) is 1.62. The molecule has 0 spiro atoms. The average molecular weight is 255 g/mol. The molecule has 1 rings (SSSR count). The van der Waals surface area contributed by atoms with Crippen molar-refractivity contribution in [2.24, 2.45) is 0 Å². The molecule has 18 heavy (non-hydrogen) atoms. The number of carbonyl (C=O) groups excluding carboxylic acids is 1. The summed E-state index contributed by atoms with van der Waals surface area (Å²) < 4.78 is 4.54. The number of esters is 1.